The zero-order chi connectivity index (χ0) is 20.7. The van der Waals surface area contributed by atoms with Crippen LogP contribution >= 0.6 is 0 Å². The van der Waals surface area contributed by atoms with E-state index in [-0.39, 0.29) is 30.2 Å². The van der Waals surface area contributed by atoms with Crippen LogP contribution in [0.1, 0.15) is 54.4 Å². The van der Waals surface area contributed by atoms with E-state index in [9.17, 15) is 9.59 Å². The Morgan fingerprint density at radius 3 is 2.86 bits per heavy atom. The Labute approximate surface area is 168 Å². The molecule has 1 amide bonds. The Balaban J connectivity index is 1.66. The van der Waals surface area contributed by atoms with Crippen LogP contribution in [0.15, 0.2) is 29.1 Å². The molecule has 3 heterocycles. The predicted octanol–water partition coefficient (Wildman–Crippen LogP) is 2.43. The number of para-hydroxylation sites is 1. The molecule has 8 heteroatoms. The number of fused-ring (bicyclic) bond motifs is 2. The molecule has 3 aromatic rings. The number of nitrogens with zero attached hydrogens (tertiary/aromatic N) is 4. The summed E-state index contributed by atoms with van der Waals surface area (Å²) in [7, 11) is 1.71. The number of carbonyl (C=O) groups is 1. The number of carbonyl (C=O) groups excluding carboxylic acids is 1. The number of hydrogen-bond donors (Lipinski definition) is 1. The summed E-state index contributed by atoms with van der Waals surface area (Å²) in [4.78, 5) is 34.5. The van der Waals surface area contributed by atoms with Crippen molar-refractivity contribution in [1.82, 2.24) is 24.6 Å². The second-order valence-electron chi connectivity index (χ2n) is 7.51. The van der Waals surface area contributed by atoms with E-state index in [1.165, 1.54) is 0 Å². The summed E-state index contributed by atoms with van der Waals surface area (Å²) < 4.78 is 7.61. The minimum atomic E-state index is -0.206. The molecule has 2 atom stereocenters. The fourth-order valence-electron chi connectivity index (χ4n) is 3.95. The average Bonchev–Trinajstić information content (AvgIpc) is 3.06. The summed E-state index contributed by atoms with van der Waals surface area (Å²) in [5, 5.41) is 5.15. The molecule has 1 aromatic carbocycles. The van der Waals surface area contributed by atoms with Crippen molar-refractivity contribution in [3.8, 4) is 0 Å². The van der Waals surface area contributed by atoms with Crippen molar-refractivity contribution in [2.45, 2.75) is 52.5 Å². The highest BCUT2D eigenvalue weighted by molar-refractivity contribution is 5.94. The van der Waals surface area contributed by atoms with Crippen LogP contribution in [0, 0.1) is 0 Å². The van der Waals surface area contributed by atoms with Gasteiger partial charge in [0.2, 0.25) is 0 Å². The van der Waals surface area contributed by atoms with E-state index in [0.29, 0.717) is 35.4 Å². The van der Waals surface area contributed by atoms with Crippen molar-refractivity contribution in [2.24, 2.45) is 0 Å². The van der Waals surface area contributed by atoms with Crippen LogP contribution in [0.5, 0.6) is 0 Å². The molecule has 0 bridgehead atoms. The lowest BCUT2D eigenvalue weighted by atomic mass is 9.99. The third-order valence-corrected chi connectivity index (χ3v) is 5.29. The summed E-state index contributed by atoms with van der Waals surface area (Å²) >= 11 is 0. The number of rotatable bonds is 4. The van der Waals surface area contributed by atoms with Crippen molar-refractivity contribution >= 4 is 16.8 Å². The van der Waals surface area contributed by atoms with E-state index in [1.54, 1.807) is 34.8 Å². The maximum atomic E-state index is 13.3. The van der Waals surface area contributed by atoms with Crippen LogP contribution in [0.2, 0.25) is 0 Å². The third-order valence-electron chi connectivity index (χ3n) is 5.29. The molecule has 0 saturated heterocycles. The van der Waals surface area contributed by atoms with Crippen molar-refractivity contribution in [3.05, 3.63) is 57.4 Å². The Morgan fingerprint density at radius 2 is 2.10 bits per heavy atom. The monoisotopic (exact) mass is 395 g/mol. The van der Waals surface area contributed by atoms with Crippen molar-refractivity contribution in [3.63, 3.8) is 0 Å². The zero-order valence-corrected chi connectivity index (χ0v) is 17.1. The quantitative estimate of drug-likeness (QED) is 0.732. The largest absolute Gasteiger partial charge is 0.369 e. The molecule has 1 aliphatic heterocycles. The number of aromatic amines is 1. The molecule has 0 fully saturated rings. The maximum absolute atomic E-state index is 13.3. The number of aromatic nitrogens is 4. The molecule has 0 radical (unpaired) electrons. The summed E-state index contributed by atoms with van der Waals surface area (Å²) in [5.41, 5.74) is 2.79. The number of H-pyrrole nitrogens is 1. The summed E-state index contributed by atoms with van der Waals surface area (Å²) in [5.74, 6) is 0.309. The second-order valence-corrected chi connectivity index (χ2v) is 7.51. The molecule has 2 aromatic heterocycles. The van der Waals surface area contributed by atoms with Gasteiger partial charge in [0.05, 0.1) is 35.3 Å². The Bertz CT molecular complexity index is 1130. The van der Waals surface area contributed by atoms with Crippen molar-refractivity contribution in [2.75, 3.05) is 7.05 Å². The molecular weight excluding hydrogens is 370 g/mol. The number of aryl methyl sites for hydroxylation is 1. The maximum Gasteiger partial charge on any atom is 0.272 e. The molecule has 4 rings (SSSR count). The lowest BCUT2D eigenvalue weighted by molar-refractivity contribution is -0.00716. The highest BCUT2D eigenvalue weighted by Gasteiger charge is 2.33. The minimum absolute atomic E-state index is 0.0300. The Hall–Kier alpha value is -3.00. The normalized spacial score (nSPS) is 18.6. The predicted molar refractivity (Wildman–Crippen MR) is 109 cm³/mol. The fourth-order valence-corrected chi connectivity index (χ4v) is 3.95. The van der Waals surface area contributed by atoms with E-state index in [1.807, 2.05) is 26.8 Å². The summed E-state index contributed by atoms with van der Waals surface area (Å²) in [6.45, 7) is 6.72. The molecule has 29 heavy (non-hydrogen) atoms. The van der Waals surface area contributed by atoms with E-state index in [2.05, 4.69) is 15.1 Å². The molecule has 8 nitrogen and oxygen atoms in total. The molecular formula is C21H25N5O3. The fraction of sp³-hybridized carbons (Fsp3) is 0.429. The number of ether oxygens (including phenoxy) is 1. The lowest BCUT2D eigenvalue weighted by Gasteiger charge is -2.25. The van der Waals surface area contributed by atoms with Gasteiger partial charge in [0.15, 0.2) is 0 Å². The first-order valence-corrected chi connectivity index (χ1v) is 9.87. The topological polar surface area (TPSA) is 93.1 Å². The van der Waals surface area contributed by atoms with Gasteiger partial charge in [-0.05, 0) is 32.9 Å². The van der Waals surface area contributed by atoms with Gasteiger partial charge in [-0.25, -0.2) is 4.98 Å². The van der Waals surface area contributed by atoms with E-state index >= 15 is 0 Å². The molecule has 0 spiro atoms. The molecule has 0 unspecified atom stereocenters. The van der Waals surface area contributed by atoms with Gasteiger partial charge in [-0.2, -0.15) is 5.10 Å². The standard InChI is InChI=1S/C21H25N5O3/c1-5-26-19(15-10-12(2)29-13(3)18(15)24-26)21(28)25(4)11-17-22-16-9-7-6-8-14(16)20(27)23-17/h6-9,12-13H,5,10-11H2,1-4H3,(H,22,23,27)/t12-,13+/m0/s1. The van der Waals surface area contributed by atoms with Gasteiger partial charge in [-0.3, -0.25) is 14.3 Å². The smallest absolute Gasteiger partial charge is 0.272 e. The number of benzene rings is 1. The van der Waals surface area contributed by atoms with Crippen LogP contribution in [0.4, 0.5) is 0 Å². The lowest BCUT2D eigenvalue weighted by Crippen LogP contribution is -2.32. The van der Waals surface area contributed by atoms with Crippen LogP contribution in [-0.2, 0) is 24.2 Å². The van der Waals surface area contributed by atoms with Crippen LogP contribution in [0.3, 0.4) is 0 Å². The number of amides is 1. The third kappa shape index (κ3) is 3.44. The van der Waals surface area contributed by atoms with Gasteiger partial charge >= 0.3 is 0 Å². The van der Waals surface area contributed by atoms with Gasteiger partial charge in [0.1, 0.15) is 11.5 Å². The van der Waals surface area contributed by atoms with Gasteiger partial charge in [0.25, 0.3) is 11.5 Å². The number of nitrogens with one attached hydrogen (secondary N) is 1. The molecule has 152 valence electrons. The molecule has 0 aliphatic carbocycles. The molecule has 1 aliphatic rings. The summed E-state index contributed by atoms with van der Waals surface area (Å²) in [6.07, 6.45) is 0.541. The van der Waals surface area contributed by atoms with Crippen molar-refractivity contribution < 1.29 is 9.53 Å². The SMILES string of the molecule is CCn1nc2c(c1C(=O)N(C)Cc1nc3ccccc3c(=O)[nH]1)C[C@H](C)O[C@@H]2C. The molecule has 0 saturated carbocycles. The van der Waals surface area contributed by atoms with E-state index in [4.69, 9.17) is 4.74 Å². The first-order chi connectivity index (χ1) is 13.9. The molecule has 1 N–H and O–H groups in total. The average molecular weight is 395 g/mol. The van der Waals surface area contributed by atoms with Gasteiger partial charge < -0.3 is 14.6 Å². The highest BCUT2D eigenvalue weighted by Crippen LogP contribution is 2.32. The van der Waals surface area contributed by atoms with Gasteiger partial charge in [-0.15, -0.1) is 0 Å². The van der Waals surface area contributed by atoms with Gasteiger partial charge in [-0.1, -0.05) is 12.1 Å². The van der Waals surface area contributed by atoms with Crippen molar-refractivity contribution in [1.29, 1.82) is 0 Å². The Kier molecular flexibility index (Phi) is 4.96. The minimum Gasteiger partial charge on any atom is -0.369 e. The van der Waals surface area contributed by atoms with Crippen LogP contribution < -0.4 is 5.56 Å². The first kappa shape index (κ1) is 19.3. The second kappa shape index (κ2) is 7.44. The first-order valence-electron chi connectivity index (χ1n) is 9.87. The van der Waals surface area contributed by atoms with E-state index in [0.717, 1.165) is 11.3 Å². The summed E-state index contributed by atoms with van der Waals surface area (Å²) in [6, 6.07) is 7.16. The Morgan fingerprint density at radius 1 is 1.34 bits per heavy atom. The van der Waals surface area contributed by atoms with Crippen LogP contribution in [0.25, 0.3) is 10.9 Å². The van der Waals surface area contributed by atoms with E-state index < -0.39 is 0 Å². The number of hydrogen-bond acceptors (Lipinski definition) is 5. The zero-order valence-electron chi connectivity index (χ0n) is 17.1. The van der Waals surface area contributed by atoms with Gasteiger partial charge in [0, 0.05) is 25.6 Å². The highest BCUT2D eigenvalue weighted by atomic mass is 16.5. The van der Waals surface area contributed by atoms with Crippen LogP contribution in [-0.4, -0.2) is 43.7 Å².